The van der Waals surface area contributed by atoms with Gasteiger partial charge in [0.1, 0.15) is 28.9 Å². The minimum atomic E-state index is -4.82. The summed E-state index contributed by atoms with van der Waals surface area (Å²) in [5, 5.41) is 2.72. The van der Waals surface area contributed by atoms with Crippen LogP contribution in [-0.2, 0) is 22.7 Å². The quantitative estimate of drug-likeness (QED) is 0.528. The van der Waals surface area contributed by atoms with Gasteiger partial charge in [-0.05, 0) is 25.2 Å². The van der Waals surface area contributed by atoms with E-state index < -0.39 is 55.4 Å². The third-order valence-electron chi connectivity index (χ3n) is 4.53. The van der Waals surface area contributed by atoms with E-state index in [1.54, 1.807) is 0 Å². The lowest BCUT2D eigenvalue weighted by Crippen LogP contribution is -2.16. The first-order valence-electron chi connectivity index (χ1n) is 8.92. The standard InChI is InChI=1S/C20H16F6N2O3S/c1-27-9-11-10-28(32(29,30)14-5-3-4-12(6-14)20(24,25)26)18(19(11)31-2)17-15(22)7-13(21)8-16(17)23/h3-8,10,27H,9H2,1-2H3. The van der Waals surface area contributed by atoms with Gasteiger partial charge < -0.3 is 10.1 Å². The van der Waals surface area contributed by atoms with Crippen molar-refractivity contribution in [3.05, 3.63) is 71.2 Å². The maximum atomic E-state index is 14.6. The molecule has 0 radical (unpaired) electrons. The lowest BCUT2D eigenvalue weighted by Gasteiger charge is -2.15. The molecule has 0 aliphatic heterocycles. The van der Waals surface area contributed by atoms with Gasteiger partial charge >= 0.3 is 6.18 Å². The van der Waals surface area contributed by atoms with Crippen molar-refractivity contribution in [2.24, 2.45) is 0 Å². The second-order valence-electron chi connectivity index (χ2n) is 6.64. The number of methoxy groups -OCH3 is 1. The smallest absolute Gasteiger partial charge is 0.416 e. The molecule has 3 aromatic rings. The second kappa shape index (κ2) is 8.51. The average Bonchev–Trinajstić information content (AvgIpc) is 3.05. The number of hydrogen-bond donors (Lipinski definition) is 1. The first kappa shape index (κ1) is 23.7. The monoisotopic (exact) mass is 478 g/mol. The summed E-state index contributed by atoms with van der Waals surface area (Å²) in [6, 6.07) is 3.59. The largest absolute Gasteiger partial charge is 0.494 e. The SMILES string of the molecule is CNCc1cn(S(=O)(=O)c2cccc(C(F)(F)F)c2)c(-c2c(F)cc(F)cc2F)c1OC. The molecule has 32 heavy (non-hydrogen) atoms. The molecule has 2 aromatic carbocycles. The molecule has 0 aliphatic carbocycles. The number of nitrogens with one attached hydrogen (secondary N) is 1. The highest BCUT2D eigenvalue weighted by molar-refractivity contribution is 7.90. The van der Waals surface area contributed by atoms with Crippen LogP contribution in [0.25, 0.3) is 11.3 Å². The van der Waals surface area contributed by atoms with Crippen LogP contribution in [0.4, 0.5) is 26.3 Å². The van der Waals surface area contributed by atoms with Crippen molar-refractivity contribution in [2.45, 2.75) is 17.6 Å². The molecular formula is C20H16F6N2O3S. The average molecular weight is 478 g/mol. The fourth-order valence-electron chi connectivity index (χ4n) is 3.19. The summed E-state index contributed by atoms with van der Waals surface area (Å²) < 4.78 is 114. The van der Waals surface area contributed by atoms with Gasteiger partial charge in [0.15, 0.2) is 0 Å². The highest BCUT2D eigenvalue weighted by atomic mass is 32.2. The number of aromatic nitrogens is 1. The third kappa shape index (κ3) is 4.19. The van der Waals surface area contributed by atoms with Gasteiger partial charge in [-0.15, -0.1) is 0 Å². The molecule has 0 unspecified atom stereocenters. The normalized spacial score (nSPS) is 12.2. The zero-order valence-electron chi connectivity index (χ0n) is 16.6. The van der Waals surface area contributed by atoms with E-state index in [4.69, 9.17) is 4.74 Å². The van der Waals surface area contributed by atoms with Gasteiger partial charge in [-0.1, -0.05) is 6.07 Å². The predicted molar refractivity (Wildman–Crippen MR) is 103 cm³/mol. The summed E-state index contributed by atoms with van der Waals surface area (Å²) >= 11 is 0. The van der Waals surface area contributed by atoms with E-state index in [1.807, 2.05) is 0 Å². The molecule has 0 fully saturated rings. The molecule has 0 saturated carbocycles. The lowest BCUT2D eigenvalue weighted by atomic mass is 10.1. The van der Waals surface area contributed by atoms with E-state index in [9.17, 15) is 34.8 Å². The van der Waals surface area contributed by atoms with Gasteiger partial charge in [-0.2, -0.15) is 13.2 Å². The van der Waals surface area contributed by atoms with E-state index in [-0.39, 0.29) is 17.9 Å². The van der Waals surface area contributed by atoms with Crippen LogP contribution in [0.3, 0.4) is 0 Å². The summed E-state index contributed by atoms with van der Waals surface area (Å²) in [7, 11) is -2.16. The number of ether oxygens (including phenoxy) is 1. The van der Waals surface area contributed by atoms with E-state index in [1.165, 1.54) is 7.05 Å². The molecule has 0 spiro atoms. The van der Waals surface area contributed by atoms with Gasteiger partial charge in [-0.25, -0.2) is 25.6 Å². The molecule has 12 heteroatoms. The number of benzene rings is 2. The Morgan fingerprint density at radius 3 is 2.22 bits per heavy atom. The molecule has 5 nitrogen and oxygen atoms in total. The lowest BCUT2D eigenvalue weighted by molar-refractivity contribution is -0.137. The molecule has 0 atom stereocenters. The summed E-state index contributed by atoms with van der Waals surface area (Å²) in [5.74, 6) is -4.33. The van der Waals surface area contributed by atoms with Crippen molar-refractivity contribution < 1.29 is 39.5 Å². The Hall–Kier alpha value is -2.99. The Morgan fingerprint density at radius 1 is 1.06 bits per heavy atom. The number of rotatable bonds is 6. The number of hydrogen-bond acceptors (Lipinski definition) is 4. The van der Waals surface area contributed by atoms with Gasteiger partial charge in [0, 0.05) is 30.4 Å². The van der Waals surface area contributed by atoms with E-state index in [0.717, 1.165) is 25.4 Å². The highest BCUT2D eigenvalue weighted by Crippen LogP contribution is 2.41. The predicted octanol–water partition coefficient (Wildman–Crippen LogP) is 4.56. The van der Waals surface area contributed by atoms with Crippen LogP contribution in [0.15, 0.2) is 47.5 Å². The fourth-order valence-corrected chi connectivity index (χ4v) is 4.62. The first-order valence-corrected chi connectivity index (χ1v) is 10.4. The van der Waals surface area contributed by atoms with Gasteiger partial charge in [-0.3, -0.25) is 0 Å². The van der Waals surface area contributed by atoms with Gasteiger partial charge in [0.2, 0.25) is 0 Å². The van der Waals surface area contributed by atoms with Crippen molar-refractivity contribution in [3.63, 3.8) is 0 Å². The summed E-state index contributed by atoms with van der Waals surface area (Å²) in [4.78, 5) is -0.773. The number of halogens is 6. The molecule has 0 amide bonds. The van der Waals surface area contributed by atoms with Crippen molar-refractivity contribution in [1.82, 2.24) is 9.29 Å². The number of nitrogens with zero attached hydrogens (tertiary/aromatic N) is 1. The third-order valence-corrected chi connectivity index (χ3v) is 6.19. The molecule has 0 aliphatic rings. The van der Waals surface area contributed by atoms with E-state index in [0.29, 0.717) is 28.2 Å². The topological polar surface area (TPSA) is 60.3 Å². The van der Waals surface area contributed by atoms with Crippen LogP contribution in [0.1, 0.15) is 11.1 Å². The maximum absolute atomic E-state index is 14.6. The van der Waals surface area contributed by atoms with Gasteiger partial charge in [0.25, 0.3) is 10.0 Å². The Labute approximate surface area is 179 Å². The molecule has 0 saturated heterocycles. The molecule has 172 valence electrons. The van der Waals surface area contributed by atoms with Crippen LogP contribution >= 0.6 is 0 Å². The van der Waals surface area contributed by atoms with Crippen LogP contribution < -0.4 is 10.1 Å². The minimum absolute atomic E-state index is 0.00822. The van der Waals surface area contributed by atoms with Crippen LogP contribution in [0, 0.1) is 17.5 Å². The second-order valence-corrected chi connectivity index (χ2v) is 8.45. The molecule has 1 heterocycles. The van der Waals surface area contributed by atoms with Crippen LogP contribution in [0.2, 0.25) is 0 Å². The van der Waals surface area contributed by atoms with Crippen LogP contribution in [0.5, 0.6) is 5.75 Å². The zero-order valence-corrected chi connectivity index (χ0v) is 17.4. The molecule has 3 rings (SSSR count). The first-order chi connectivity index (χ1) is 14.9. The molecular weight excluding hydrogens is 462 g/mol. The van der Waals surface area contributed by atoms with E-state index in [2.05, 4.69) is 5.32 Å². The summed E-state index contributed by atoms with van der Waals surface area (Å²) in [6.45, 7) is -0.00822. The fraction of sp³-hybridized carbons (Fsp3) is 0.200. The summed E-state index contributed by atoms with van der Waals surface area (Å²) in [5.41, 5.74) is -2.64. The summed E-state index contributed by atoms with van der Waals surface area (Å²) in [6.07, 6.45) is -3.85. The Bertz CT molecular complexity index is 1250. The zero-order chi connectivity index (χ0) is 23.8. The van der Waals surface area contributed by atoms with Crippen molar-refractivity contribution in [2.75, 3.05) is 14.2 Å². The van der Waals surface area contributed by atoms with E-state index >= 15 is 0 Å². The Kier molecular flexibility index (Phi) is 6.29. The maximum Gasteiger partial charge on any atom is 0.416 e. The molecule has 1 N–H and O–H groups in total. The molecule has 1 aromatic heterocycles. The number of alkyl halides is 3. The Balaban J connectivity index is 2.37. The van der Waals surface area contributed by atoms with Gasteiger partial charge in [0.05, 0.1) is 23.1 Å². The Morgan fingerprint density at radius 2 is 1.69 bits per heavy atom. The molecule has 0 bridgehead atoms. The highest BCUT2D eigenvalue weighted by Gasteiger charge is 2.34. The van der Waals surface area contributed by atoms with Crippen LogP contribution in [-0.4, -0.2) is 26.5 Å². The van der Waals surface area contributed by atoms with Crippen molar-refractivity contribution in [3.8, 4) is 17.0 Å². The van der Waals surface area contributed by atoms with Crippen molar-refractivity contribution in [1.29, 1.82) is 0 Å². The van der Waals surface area contributed by atoms with Crippen molar-refractivity contribution >= 4 is 10.0 Å². The minimum Gasteiger partial charge on any atom is -0.494 e.